The van der Waals surface area contributed by atoms with Crippen LogP contribution in [0, 0.1) is 5.82 Å². The second-order valence-electron chi connectivity index (χ2n) is 3.49. The number of halogens is 2. The third kappa shape index (κ3) is 2.48. The molecule has 0 bridgehead atoms. The number of anilines is 3. The van der Waals surface area contributed by atoms with Gasteiger partial charge in [-0.2, -0.15) is 0 Å². The van der Waals surface area contributed by atoms with Gasteiger partial charge in [-0.15, -0.1) is 0 Å². The first kappa shape index (κ1) is 12.9. The highest BCUT2D eigenvalue weighted by Gasteiger charge is 2.16. The lowest BCUT2D eigenvalue weighted by molar-refractivity contribution is 0.271. The molecule has 6 heteroatoms. The van der Waals surface area contributed by atoms with Crippen molar-refractivity contribution in [2.24, 2.45) is 0 Å². The third-order valence-electron chi connectivity index (χ3n) is 2.33. The molecular formula is C10H15ClFN3O. The molecule has 1 atom stereocenters. The van der Waals surface area contributed by atoms with Crippen LogP contribution in [0.5, 0.6) is 0 Å². The summed E-state index contributed by atoms with van der Waals surface area (Å²) in [6, 6.07) is 1.12. The molecule has 0 saturated carbocycles. The quantitative estimate of drug-likeness (QED) is 0.612. The summed E-state index contributed by atoms with van der Waals surface area (Å²) >= 11 is 5.67. The second kappa shape index (κ2) is 5.23. The largest absolute Gasteiger partial charge is 0.397 e. The van der Waals surface area contributed by atoms with E-state index in [1.165, 1.54) is 6.07 Å². The Morgan fingerprint density at radius 2 is 2.12 bits per heavy atom. The average Bonchev–Trinajstić information content (AvgIpc) is 2.27. The van der Waals surface area contributed by atoms with Crippen molar-refractivity contribution in [2.45, 2.75) is 19.4 Å². The Morgan fingerprint density at radius 3 is 2.62 bits per heavy atom. The van der Waals surface area contributed by atoms with Crippen LogP contribution in [0.3, 0.4) is 0 Å². The van der Waals surface area contributed by atoms with Crippen LogP contribution in [0.1, 0.15) is 13.3 Å². The summed E-state index contributed by atoms with van der Waals surface area (Å²) in [4.78, 5) is 0. The van der Waals surface area contributed by atoms with E-state index >= 15 is 0 Å². The number of aliphatic hydroxyl groups excluding tert-OH is 1. The van der Waals surface area contributed by atoms with Gasteiger partial charge in [0.05, 0.1) is 23.7 Å². The Kier molecular flexibility index (Phi) is 4.20. The maximum Gasteiger partial charge on any atom is 0.169 e. The van der Waals surface area contributed by atoms with Crippen molar-refractivity contribution >= 4 is 28.7 Å². The highest BCUT2D eigenvalue weighted by atomic mass is 35.5. The Hall–Kier alpha value is -1.20. The lowest BCUT2D eigenvalue weighted by atomic mass is 10.2. The van der Waals surface area contributed by atoms with Crippen molar-refractivity contribution in [1.82, 2.24) is 0 Å². The topological polar surface area (TPSA) is 84.3 Å². The summed E-state index contributed by atoms with van der Waals surface area (Å²) in [7, 11) is 0. The summed E-state index contributed by atoms with van der Waals surface area (Å²) in [5.41, 5.74) is 11.4. The maximum atomic E-state index is 13.7. The predicted octanol–water partition coefficient (Wildman–Crippen LogP) is 1.83. The van der Waals surface area contributed by atoms with E-state index in [0.29, 0.717) is 6.42 Å². The monoisotopic (exact) mass is 247 g/mol. The first-order chi connectivity index (χ1) is 7.51. The van der Waals surface area contributed by atoms with Gasteiger partial charge in [0.1, 0.15) is 5.02 Å². The zero-order chi connectivity index (χ0) is 12.3. The van der Waals surface area contributed by atoms with E-state index in [4.69, 9.17) is 28.2 Å². The lowest BCUT2D eigenvalue weighted by Gasteiger charge is -2.18. The van der Waals surface area contributed by atoms with Gasteiger partial charge in [-0.3, -0.25) is 0 Å². The Balaban J connectivity index is 3.09. The minimum absolute atomic E-state index is 0.0834. The molecular weight excluding hydrogens is 233 g/mol. The van der Waals surface area contributed by atoms with Gasteiger partial charge in [-0.1, -0.05) is 18.5 Å². The van der Waals surface area contributed by atoms with Crippen LogP contribution in [0.4, 0.5) is 21.5 Å². The van der Waals surface area contributed by atoms with Gasteiger partial charge in [0, 0.05) is 6.04 Å². The van der Waals surface area contributed by atoms with E-state index in [1.807, 2.05) is 6.92 Å². The van der Waals surface area contributed by atoms with Crippen LogP contribution in [-0.2, 0) is 0 Å². The van der Waals surface area contributed by atoms with Crippen molar-refractivity contribution < 1.29 is 9.50 Å². The van der Waals surface area contributed by atoms with Crippen LogP contribution in [0.15, 0.2) is 6.07 Å². The second-order valence-corrected chi connectivity index (χ2v) is 3.87. The van der Waals surface area contributed by atoms with Gasteiger partial charge in [0.25, 0.3) is 0 Å². The summed E-state index contributed by atoms with van der Waals surface area (Å²) < 4.78 is 13.7. The number of nitrogens with two attached hydrogens (primary N) is 2. The fraction of sp³-hybridized carbons (Fsp3) is 0.400. The van der Waals surface area contributed by atoms with E-state index in [2.05, 4.69) is 5.32 Å². The molecule has 1 unspecified atom stereocenters. The molecule has 0 heterocycles. The SMILES string of the molecule is CCC(CO)Nc1c(N)cc(N)c(Cl)c1F. The van der Waals surface area contributed by atoms with E-state index in [1.54, 1.807) is 0 Å². The summed E-state index contributed by atoms with van der Waals surface area (Å²) in [6.07, 6.45) is 0.636. The molecule has 16 heavy (non-hydrogen) atoms. The Labute approximate surface area is 98.4 Å². The molecule has 0 fully saturated rings. The molecule has 1 aromatic carbocycles. The fourth-order valence-electron chi connectivity index (χ4n) is 1.29. The number of hydrogen-bond donors (Lipinski definition) is 4. The lowest BCUT2D eigenvalue weighted by Crippen LogP contribution is -2.24. The maximum absolute atomic E-state index is 13.7. The normalized spacial score (nSPS) is 12.5. The molecule has 90 valence electrons. The molecule has 0 aliphatic carbocycles. The molecule has 4 nitrogen and oxygen atoms in total. The summed E-state index contributed by atoms with van der Waals surface area (Å²) in [6.45, 7) is 1.75. The molecule has 1 rings (SSSR count). The van der Waals surface area contributed by atoms with E-state index in [0.717, 1.165) is 0 Å². The van der Waals surface area contributed by atoms with Crippen LogP contribution in [-0.4, -0.2) is 17.8 Å². The van der Waals surface area contributed by atoms with Crippen LogP contribution >= 0.6 is 11.6 Å². The summed E-state index contributed by atoms with van der Waals surface area (Å²) in [5, 5.41) is 11.6. The third-order valence-corrected chi connectivity index (χ3v) is 2.71. The minimum Gasteiger partial charge on any atom is -0.397 e. The molecule has 1 aromatic rings. The Bertz CT molecular complexity index is 383. The van der Waals surface area contributed by atoms with Gasteiger partial charge >= 0.3 is 0 Å². The molecule has 0 amide bonds. The van der Waals surface area contributed by atoms with Crippen molar-refractivity contribution in [3.05, 3.63) is 16.9 Å². The molecule has 0 aliphatic heterocycles. The number of nitrogens with one attached hydrogen (secondary N) is 1. The first-order valence-corrected chi connectivity index (χ1v) is 5.29. The van der Waals surface area contributed by atoms with Crippen molar-refractivity contribution in [3.8, 4) is 0 Å². The van der Waals surface area contributed by atoms with E-state index < -0.39 is 5.82 Å². The zero-order valence-electron chi connectivity index (χ0n) is 8.93. The van der Waals surface area contributed by atoms with Gasteiger partial charge in [0.15, 0.2) is 5.82 Å². The number of rotatable bonds is 4. The molecule has 0 aliphatic rings. The predicted molar refractivity (Wildman–Crippen MR) is 65.0 cm³/mol. The smallest absolute Gasteiger partial charge is 0.169 e. The standard InChI is InChI=1S/C10H15ClFN3O/c1-2-5(4-16)15-10-7(14)3-6(13)8(11)9(10)12/h3,5,15-16H,2,4,13-14H2,1H3. The highest BCUT2D eigenvalue weighted by Crippen LogP contribution is 2.34. The average molecular weight is 248 g/mol. The molecule has 0 saturated heterocycles. The van der Waals surface area contributed by atoms with Gasteiger partial charge in [0.2, 0.25) is 0 Å². The minimum atomic E-state index is -0.689. The number of nitrogen functional groups attached to an aromatic ring is 2. The molecule has 6 N–H and O–H groups in total. The van der Waals surface area contributed by atoms with Crippen LogP contribution in [0.2, 0.25) is 5.02 Å². The molecule has 0 aromatic heterocycles. The van der Waals surface area contributed by atoms with Gasteiger partial charge in [-0.25, -0.2) is 4.39 Å². The van der Waals surface area contributed by atoms with Crippen LogP contribution < -0.4 is 16.8 Å². The first-order valence-electron chi connectivity index (χ1n) is 4.91. The number of benzene rings is 1. The van der Waals surface area contributed by atoms with Crippen molar-refractivity contribution in [2.75, 3.05) is 23.4 Å². The van der Waals surface area contributed by atoms with Gasteiger partial charge in [-0.05, 0) is 12.5 Å². The fourth-order valence-corrected chi connectivity index (χ4v) is 1.44. The van der Waals surface area contributed by atoms with E-state index in [9.17, 15) is 4.39 Å². The number of hydrogen-bond acceptors (Lipinski definition) is 4. The van der Waals surface area contributed by atoms with Gasteiger partial charge < -0.3 is 21.9 Å². The number of aliphatic hydroxyl groups is 1. The van der Waals surface area contributed by atoms with Crippen molar-refractivity contribution in [3.63, 3.8) is 0 Å². The summed E-state index contributed by atoms with van der Waals surface area (Å²) in [5.74, 6) is -0.689. The highest BCUT2D eigenvalue weighted by molar-refractivity contribution is 6.33. The zero-order valence-corrected chi connectivity index (χ0v) is 9.68. The molecule has 0 spiro atoms. The Morgan fingerprint density at radius 1 is 1.50 bits per heavy atom. The van der Waals surface area contributed by atoms with E-state index in [-0.39, 0.29) is 34.7 Å². The van der Waals surface area contributed by atoms with Crippen LogP contribution in [0.25, 0.3) is 0 Å². The van der Waals surface area contributed by atoms with Crippen molar-refractivity contribution in [1.29, 1.82) is 0 Å². The molecule has 0 radical (unpaired) electrons.